The molecule has 8 aromatic rings. The third kappa shape index (κ3) is 12.9. The Kier molecular flexibility index (Phi) is 18.6. The van der Waals surface area contributed by atoms with Gasteiger partial charge in [-0.3, -0.25) is 4.98 Å². The highest BCUT2D eigenvalue weighted by Gasteiger charge is 2.30. The minimum Gasteiger partial charge on any atom is -0.347 e. The van der Waals surface area contributed by atoms with Crippen LogP contribution >= 0.6 is 0 Å². The monoisotopic (exact) mass is 1010 g/mol. The Hall–Kier alpha value is -7.81. The van der Waals surface area contributed by atoms with E-state index in [1.807, 2.05) is 12.3 Å². The zero-order chi connectivity index (χ0) is 54.5. The molecule has 8 rings (SSSR count). The first-order valence-corrected chi connectivity index (χ1v) is 28.1. The number of hydrogen-bond acceptors (Lipinski definition) is 1. The van der Waals surface area contributed by atoms with E-state index >= 15 is 0 Å². The van der Waals surface area contributed by atoms with Gasteiger partial charge in [-0.1, -0.05) is 241 Å². The summed E-state index contributed by atoms with van der Waals surface area (Å²) in [5.74, 6) is 0.794. The summed E-state index contributed by atoms with van der Waals surface area (Å²) in [4.78, 5) is 4.66. The van der Waals surface area contributed by atoms with E-state index in [9.17, 15) is 0 Å². The first kappa shape index (κ1) is 55.4. The predicted octanol–water partition coefficient (Wildman–Crippen LogP) is 21.6. The first-order chi connectivity index (χ1) is 37.4. The molecule has 0 saturated heterocycles. The number of aryl methyl sites for hydroxylation is 1. The minimum absolute atomic E-state index is 0.0644. The van der Waals surface area contributed by atoms with Gasteiger partial charge >= 0.3 is 0 Å². The average Bonchev–Trinajstić information content (AvgIpc) is 3.96. The summed E-state index contributed by atoms with van der Waals surface area (Å²) in [6.45, 7) is 24.8. The van der Waals surface area contributed by atoms with Crippen LogP contribution in [0.3, 0.4) is 0 Å². The lowest BCUT2D eigenvalue weighted by Crippen LogP contribution is -2.18. The smallest absolute Gasteiger partial charge is 0.0658 e. The molecule has 2 heteroatoms. The fourth-order valence-corrected chi connectivity index (χ4v) is 11.2. The average molecular weight is 1010 g/mol. The molecular formula is C75H80N2. The summed E-state index contributed by atoms with van der Waals surface area (Å²) in [6, 6.07) is 56.7. The number of pyridine rings is 1. The van der Waals surface area contributed by atoms with Crippen molar-refractivity contribution in [2.45, 2.75) is 113 Å². The molecule has 0 bridgehead atoms. The summed E-state index contributed by atoms with van der Waals surface area (Å²) < 4.78 is 2.43. The molecule has 0 radical (unpaired) electrons. The lowest BCUT2D eigenvalue weighted by molar-refractivity contribution is 0.429. The highest BCUT2D eigenvalue weighted by Crippen LogP contribution is 2.54. The molecule has 0 fully saturated rings. The Bertz CT molecular complexity index is 3400. The van der Waals surface area contributed by atoms with Crippen LogP contribution < -0.4 is 0 Å². The van der Waals surface area contributed by atoms with Gasteiger partial charge in [0.1, 0.15) is 0 Å². The van der Waals surface area contributed by atoms with Crippen molar-refractivity contribution in [3.63, 3.8) is 0 Å². The molecule has 0 saturated carbocycles. The van der Waals surface area contributed by atoms with E-state index in [4.69, 9.17) is 0 Å². The van der Waals surface area contributed by atoms with Crippen LogP contribution in [0.25, 0.3) is 72.3 Å². The molecule has 390 valence electrons. The molecule has 0 amide bonds. The Morgan fingerprint density at radius 2 is 1.10 bits per heavy atom. The van der Waals surface area contributed by atoms with Crippen molar-refractivity contribution < 1.29 is 0 Å². The Balaban J connectivity index is 1.44. The molecule has 0 aliphatic heterocycles. The molecule has 77 heavy (non-hydrogen) atoms. The lowest BCUT2D eigenvalue weighted by Gasteiger charge is -2.30. The van der Waals surface area contributed by atoms with Crippen molar-refractivity contribution in [2.24, 2.45) is 5.41 Å². The third-order valence-corrected chi connectivity index (χ3v) is 15.4. The molecule has 0 N–H and O–H groups in total. The number of rotatable bonds is 19. The van der Waals surface area contributed by atoms with Crippen LogP contribution in [0.15, 0.2) is 237 Å². The van der Waals surface area contributed by atoms with E-state index < -0.39 is 0 Å². The summed E-state index contributed by atoms with van der Waals surface area (Å²) in [5, 5.41) is 0. The van der Waals surface area contributed by atoms with Gasteiger partial charge in [0.05, 0.1) is 11.7 Å². The number of nitrogens with zero attached hydrogens (tertiary/aromatic N) is 2. The molecular weight excluding hydrogens is 929 g/mol. The third-order valence-electron chi connectivity index (χ3n) is 15.4. The molecule has 0 aliphatic carbocycles. The van der Waals surface area contributed by atoms with E-state index in [0.717, 1.165) is 30.5 Å². The fourth-order valence-electron chi connectivity index (χ4n) is 11.2. The molecule has 0 spiro atoms. The maximum absolute atomic E-state index is 4.66. The Morgan fingerprint density at radius 1 is 0.558 bits per heavy atom. The molecule has 0 aliphatic rings. The van der Waals surface area contributed by atoms with E-state index in [2.05, 4.69) is 304 Å². The van der Waals surface area contributed by atoms with Crippen molar-refractivity contribution in [3.8, 4) is 66.8 Å². The molecule has 2 atom stereocenters. The predicted molar refractivity (Wildman–Crippen MR) is 335 cm³/mol. The number of hydrogen-bond donors (Lipinski definition) is 0. The fraction of sp³-hybridized carbons (Fsp3) is 0.240. The molecule has 6 aromatic carbocycles. The van der Waals surface area contributed by atoms with E-state index in [1.165, 1.54) is 94.6 Å². The van der Waals surface area contributed by atoms with Gasteiger partial charge < -0.3 is 4.57 Å². The van der Waals surface area contributed by atoms with Gasteiger partial charge in [0.2, 0.25) is 0 Å². The second-order valence-electron chi connectivity index (χ2n) is 21.7. The highest BCUT2D eigenvalue weighted by molar-refractivity contribution is 6.09. The van der Waals surface area contributed by atoms with Gasteiger partial charge in [-0.15, -0.1) is 0 Å². The summed E-state index contributed by atoms with van der Waals surface area (Å²) >= 11 is 0. The van der Waals surface area contributed by atoms with Crippen molar-refractivity contribution in [2.75, 3.05) is 0 Å². The number of benzene rings is 6. The zero-order valence-electron chi connectivity index (χ0n) is 47.7. The van der Waals surface area contributed by atoms with Crippen LogP contribution in [-0.2, 0) is 6.42 Å². The van der Waals surface area contributed by atoms with Gasteiger partial charge in [-0.2, -0.15) is 0 Å². The number of aromatic nitrogens is 2. The van der Waals surface area contributed by atoms with E-state index in [0.29, 0.717) is 11.8 Å². The van der Waals surface area contributed by atoms with Crippen molar-refractivity contribution in [1.82, 2.24) is 9.55 Å². The van der Waals surface area contributed by atoms with Gasteiger partial charge in [0.25, 0.3) is 0 Å². The Labute approximate surface area is 462 Å². The van der Waals surface area contributed by atoms with Crippen LogP contribution in [0.2, 0.25) is 0 Å². The number of allylic oxidation sites excluding steroid dienone is 12. The van der Waals surface area contributed by atoms with E-state index in [1.54, 1.807) is 0 Å². The van der Waals surface area contributed by atoms with Gasteiger partial charge in [-0.25, -0.2) is 0 Å². The summed E-state index contributed by atoms with van der Waals surface area (Å²) in [5.41, 5.74) is 23.4. The van der Waals surface area contributed by atoms with Crippen LogP contribution in [0.4, 0.5) is 0 Å². The first-order valence-electron chi connectivity index (χ1n) is 28.1. The van der Waals surface area contributed by atoms with Gasteiger partial charge in [-0.05, 0) is 178 Å². The van der Waals surface area contributed by atoms with Gasteiger partial charge in [0.15, 0.2) is 0 Å². The summed E-state index contributed by atoms with van der Waals surface area (Å²) in [6.07, 6.45) is 31.6. The molecule has 2 heterocycles. The lowest BCUT2D eigenvalue weighted by atomic mass is 9.75. The quantitative estimate of drug-likeness (QED) is 0.0738. The normalized spacial score (nSPS) is 13.5. The maximum Gasteiger partial charge on any atom is 0.0658 e. The topological polar surface area (TPSA) is 17.8 Å². The van der Waals surface area contributed by atoms with Crippen LogP contribution in [0.5, 0.6) is 0 Å². The standard InChI is InChI=1S/C75H80N2/c1-12-16-18-26-34-66-70(59-30-22-19-23-31-59)72(60-32-24-20-25-33-60)74(61-39-36-53(5)37-40-61)73(62-43-41-58(42-44-62)63-45-46-65(54(6)29-21-17-13-2)67(51-63)57(14-3)15-4)71(66)64-48-50-77(52-64)56(8)68(75(9,10)11)47-38-55(7)69-35-27-28-49-76-69/h12-13,16-33,35-52,54,56-57H,14-15,34H2,1-11H3/b16-12-,17-13-,26-18-,29-21-,55-38+,68-47+. The van der Waals surface area contributed by atoms with Crippen molar-refractivity contribution in [1.29, 1.82) is 0 Å². The van der Waals surface area contributed by atoms with Crippen LogP contribution in [-0.4, -0.2) is 9.55 Å². The minimum atomic E-state index is -0.104. The molecule has 2 aromatic heterocycles. The highest BCUT2D eigenvalue weighted by atomic mass is 15.0. The maximum atomic E-state index is 4.66. The zero-order valence-corrected chi connectivity index (χ0v) is 47.7. The van der Waals surface area contributed by atoms with Gasteiger partial charge in [0, 0.05) is 24.2 Å². The van der Waals surface area contributed by atoms with Crippen LogP contribution in [0.1, 0.15) is 128 Å². The molecule has 2 unspecified atom stereocenters. The largest absolute Gasteiger partial charge is 0.347 e. The van der Waals surface area contributed by atoms with Crippen molar-refractivity contribution in [3.05, 3.63) is 265 Å². The van der Waals surface area contributed by atoms with Crippen molar-refractivity contribution >= 4 is 5.57 Å². The summed E-state index contributed by atoms with van der Waals surface area (Å²) in [7, 11) is 0. The second-order valence-corrected chi connectivity index (χ2v) is 21.7. The SMILES string of the molecule is C/C=C\C=C/Cc1c(-c2ccccc2)c(-c2ccccc2)c(-c2ccc(C)cc2)c(-c2ccc(-c3ccc(C(C)/C=C\C=C/C)c(C(CC)CC)c3)cc2)c1-c1ccn(C(C)/C(=C\C=C(/C)c2ccccn2)C(C)(C)C)c1. The van der Waals surface area contributed by atoms with E-state index in [-0.39, 0.29) is 11.5 Å². The Morgan fingerprint density at radius 3 is 1.70 bits per heavy atom. The second kappa shape index (κ2) is 25.8. The van der Waals surface area contributed by atoms with Crippen LogP contribution in [0, 0.1) is 12.3 Å². The molecule has 2 nitrogen and oxygen atoms in total.